The standard InChI is InChI=1S/C17H20N4O4S/c1-2-13-3-5-14(6-4-13)26(24,25)21-11-9-20(10-12-21)17(23)15-7-8-16(22)19-18-15/h3-8H,2,9-12H2,1H3,(H,19,22). The molecule has 9 heteroatoms. The first-order valence-electron chi connectivity index (χ1n) is 8.36. The van der Waals surface area contributed by atoms with Gasteiger partial charge >= 0.3 is 0 Å². The van der Waals surface area contributed by atoms with Crippen LogP contribution in [0, 0.1) is 0 Å². The minimum atomic E-state index is -3.57. The summed E-state index contributed by atoms with van der Waals surface area (Å²) in [6, 6.07) is 9.47. The zero-order valence-electron chi connectivity index (χ0n) is 14.4. The van der Waals surface area contributed by atoms with Gasteiger partial charge in [0, 0.05) is 32.2 Å². The molecule has 26 heavy (non-hydrogen) atoms. The number of amides is 1. The van der Waals surface area contributed by atoms with E-state index in [0.717, 1.165) is 12.0 Å². The van der Waals surface area contributed by atoms with Crippen LogP contribution in [0.5, 0.6) is 0 Å². The highest BCUT2D eigenvalue weighted by atomic mass is 32.2. The van der Waals surface area contributed by atoms with E-state index < -0.39 is 10.0 Å². The molecular formula is C17H20N4O4S. The molecule has 1 fully saturated rings. The summed E-state index contributed by atoms with van der Waals surface area (Å²) in [7, 11) is -3.57. The fourth-order valence-electron chi connectivity index (χ4n) is 2.80. The van der Waals surface area contributed by atoms with Gasteiger partial charge in [-0.1, -0.05) is 19.1 Å². The molecule has 0 atom stereocenters. The van der Waals surface area contributed by atoms with E-state index >= 15 is 0 Å². The van der Waals surface area contributed by atoms with Gasteiger partial charge in [0.1, 0.15) is 5.69 Å². The number of rotatable bonds is 4. The van der Waals surface area contributed by atoms with E-state index in [4.69, 9.17) is 0 Å². The molecule has 0 spiro atoms. The smallest absolute Gasteiger partial charge is 0.274 e. The molecule has 1 N–H and O–H groups in total. The van der Waals surface area contributed by atoms with Crippen molar-refractivity contribution in [3.8, 4) is 0 Å². The molecule has 0 unspecified atom stereocenters. The molecule has 0 radical (unpaired) electrons. The number of aromatic nitrogens is 2. The molecule has 2 heterocycles. The molecule has 1 saturated heterocycles. The Bertz CT molecular complexity index is 925. The number of H-pyrrole nitrogens is 1. The van der Waals surface area contributed by atoms with Crippen LogP contribution in [0.2, 0.25) is 0 Å². The Morgan fingerprint density at radius 3 is 2.27 bits per heavy atom. The summed E-state index contributed by atoms with van der Waals surface area (Å²) >= 11 is 0. The molecule has 0 saturated carbocycles. The molecule has 0 aliphatic carbocycles. The van der Waals surface area contributed by atoms with Crippen molar-refractivity contribution in [2.24, 2.45) is 0 Å². The van der Waals surface area contributed by atoms with E-state index in [-0.39, 0.29) is 48.2 Å². The minimum Gasteiger partial charge on any atom is -0.335 e. The fourth-order valence-corrected chi connectivity index (χ4v) is 4.23. The first kappa shape index (κ1) is 18.3. The van der Waals surface area contributed by atoms with Crippen LogP contribution in [0.3, 0.4) is 0 Å². The lowest BCUT2D eigenvalue weighted by Gasteiger charge is -2.33. The van der Waals surface area contributed by atoms with Crippen LogP contribution < -0.4 is 5.56 Å². The van der Waals surface area contributed by atoms with E-state index in [9.17, 15) is 18.0 Å². The van der Waals surface area contributed by atoms with Crippen molar-refractivity contribution < 1.29 is 13.2 Å². The number of hydrogen-bond acceptors (Lipinski definition) is 5. The van der Waals surface area contributed by atoms with Crippen molar-refractivity contribution in [3.63, 3.8) is 0 Å². The van der Waals surface area contributed by atoms with Gasteiger partial charge in [0.25, 0.3) is 11.5 Å². The summed E-state index contributed by atoms with van der Waals surface area (Å²) in [6.45, 7) is 2.98. The van der Waals surface area contributed by atoms with Crippen LogP contribution >= 0.6 is 0 Å². The van der Waals surface area contributed by atoms with Crippen LogP contribution in [0.1, 0.15) is 23.0 Å². The average molecular weight is 376 g/mol. The van der Waals surface area contributed by atoms with Gasteiger partial charge in [0.15, 0.2) is 0 Å². The number of piperazine rings is 1. The first-order valence-corrected chi connectivity index (χ1v) is 9.80. The first-order chi connectivity index (χ1) is 12.4. The summed E-state index contributed by atoms with van der Waals surface area (Å²) < 4.78 is 26.9. The highest BCUT2D eigenvalue weighted by Crippen LogP contribution is 2.19. The van der Waals surface area contributed by atoms with Crippen molar-refractivity contribution in [3.05, 3.63) is 58.0 Å². The molecule has 1 aliphatic heterocycles. The molecule has 1 aliphatic rings. The number of aromatic amines is 1. The third kappa shape index (κ3) is 3.68. The number of nitrogens with zero attached hydrogens (tertiary/aromatic N) is 3. The lowest BCUT2D eigenvalue weighted by Crippen LogP contribution is -2.50. The Kier molecular flexibility index (Phi) is 5.19. The Morgan fingerprint density at radius 2 is 1.73 bits per heavy atom. The van der Waals surface area contributed by atoms with Gasteiger partial charge in [-0.3, -0.25) is 9.59 Å². The molecule has 1 amide bonds. The number of carbonyl (C=O) groups excluding carboxylic acids is 1. The lowest BCUT2D eigenvalue weighted by atomic mass is 10.2. The topological polar surface area (TPSA) is 103 Å². The van der Waals surface area contributed by atoms with E-state index in [0.29, 0.717) is 0 Å². The molecule has 2 aromatic rings. The lowest BCUT2D eigenvalue weighted by molar-refractivity contribution is 0.0690. The second kappa shape index (κ2) is 7.38. The van der Waals surface area contributed by atoms with E-state index in [1.54, 1.807) is 12.1 Å². The largest absolute Gasteiger partial charge is 0.335 e. The Labute approximate surface area is 151 Å². The monoisotopic (exact) mass is 376 g/mol. The quantitative estimate of drug-likeness (QED) is 0.836. The van der Waals surface area contributed by atoms with Gasteiger partial charge in [-0.15, -0.1) is 0 Å². The average Bonchev–Trinajstić information content (AvgIpc) is 2.68. The van der Waals surface area contributed by atoms with Gasteiger partial charge in [0.2, 0.25) is 10.0 Å². The van der Waals surface area contributed by atoms with Crippen molar-refractivity contribution in [2.75, 3.05) is 26.2 Å². The summed E-state index contributed by atoms with van der Waals surface area (Å²) in [4.78, 5) is 25.2. The van der Waals surface area contributed by atoms with Gasteiger partial charge in [0.05, 0.1) is 4.90 Å². The summed E-state index contributed by atoms with van der Waals surface area (Å²) in [6.07, 6.45) is 0.847. The third-order valence-corrected chi connectivity index (χ3v) is 6.31. The van der Waals surface area contributed by atoms with Crippen LogP contribution in [0.15, 0.2) is 46.1 Å². The van der Waals surface area contributed by atoms with Crippen molar-refractivity contribution in [2.45, 2.75) is 18.2 Å². The SMILES string of the molecule is CCc1ccc(S(=O)(=O)N2CCN(C(=O)c3ccc(=O)[nH]n3)CC2)cc1. The van der Waals surface area contributed by atoms with Crippen LogP contribution in [-0.4, -0.2) is 59.9 Å². The van der Waals surface area contributed by atoms with Gasteiger partial charge < -0.3 is 4.90 Å². The van der Waals surface area contributed by atoms with E-state index in [1.807, 2.05) is 19.1 Å². The van der Waals surface area contributed by atoms with E-state index in [2.05, 4.69) is 10.2 Å². The highest BCUT2D eigenvalue weighted by Gasteiger charge is 2.30. The summed E-state index contributed by atoms with van der Waals surface area (Å²) in [5, 5.41) is 5.95. The molecule has 138 valence electrons. The van der Waals surface area contributed by atoms with Gasteiger partial charge in [-0.2, -0.15) is 9.40 Å². The van der Waals surface area contributed by atoms with Crippen molar-refractivity contribution in [1.82, 2.24) is 19.4 Å². The number of aryl methyl sites for hydroxylation is 1. The van der Waals surface area contributed by atoms with Crippen molar-refractivity contribution in [1.29, 1.82) is 0 Å². The predicted octanol–water partition coefficient (Wildman–Crippen LogP) is 0.479. The number of benzene rings is 1. The maximum atomic E-state index is 12.7. The summed E-state index contributed by atoms with van der Waals surface area (Å²) in [5.74, 6) is -0.328. The highest BCUT2D eigenvalue weighted by molar-refractivity contribution is 7.89. The van der Waals surface area contributed by atoms with Crippen LogP contribution in [0.4, 0.5) is 0 Å². The third-order valence-electron chi connectivity index (χ3n) is 4.39. The van der Waals surface area contributed by atoms with Crippen LogP contribution in [-0.2, 0) is 16.4 Å². The minimum absolute atomic E-state index is 0.135. The molecule has 1 aromatic carbocycles. The zero-order valence-corrected chi connectivity index (χ0v) is 15.2. The molecule has 0 bridgehead atoms. The molecule has 1 aromatic heterocycles. The Balaban J connectivity index is 1.68. The number of nitrogens with one attached hydrogen (secondary N) is 1. The molecule has 3 rings (SSSR count). The number of sulfonamides is 1. The van der Waals surface area contributed by atoms with Gasteiger partial charge in [-0.05, 0) is 30.2 Å². The Morgan fingerprint density at radius 1 is 1.08 bits per heavy atom. The number of hydrogen-bond donors (Lipinski definition) is 1. The summed E-state index contributed by atoms with van der Waals surface area (Å²) in [5.41, 5.74) is 0.829. The Hall–Kier alpha value is -2.52. The fraction of sp³-hybridized carbons (Fsp3) is 0.353. The van der Waals surface area contributed by atoms with E-state index in [1.165, 1.54) is 21.3 Å². The molecular weight excluding hydrogens is 356 g/mol. The van der Waals surface area contributed by atoms with Crippen LogP contribution in [0.25, 0.3) is 0 Å². The normalized spacial score (nSPS) is 15.8. The van der Waals surface area contributed by atoms with Gasteiger partial charge in [-0.25, -0.2) is 13.5 Å². The second-order valence-corrected chi connectivity index (χ2v) is 7.94. The van der Waals surface area contributed by atoms with Crippen molar-refractivity contribution >= 4 is 15.9 Å². The molecule has 8 nitrogen and oxygen atoms in total. The zero-order chi connectivity index (χ0) is 18.7. The maximum Gasteiger partial charge on any atom is 0.274 e. The second-order valence-electron chi connectivity index (χ2n) is 6.00. The predicted molar refractivity (Wildman–Crippen MR) is 95.3 cm³/mol. The number of carbonyl (C=O) groups is 1. The maximum absolute atomic E-state index is 12.7.